The van der Waals surface area contributed by atoms with E-state index in [9.17, 15) is 0 Å². The Morgan fingerprint density at radius 1 is 1.14 bits per heavy atom. The molecular formula is C15H19N3O3. The molecule has 1 aliphatic rings. The number of anilines is 2. The van der Waals surface area contributed by atoms with Crippen molar-refractivity contribution in [3.05, 3.63) is 42.0 Å². The molecule has 1 aliphatic heterocycles. The number of morpholine rings is 1. The van der Waals surface area contributed by atoms with Gasteiger partial charge in [-0.3, -0.25) is 0 Å². The number of hydrogen-bond acceptors (Lipinski definition) is 6. The Hall–Kier alpha value is -2.05. The minimum absolute atomic E-state index is 0.0736. The molecule has 2 aromatic rings. The first-order valence-corrected chi connectivity index (χ1v) is 7.06. The quantitative estimate of drug-likeness (QED) is 0.871. The second-order valence-corrected chi connectivity index (χ2v) is 4.88. The van der Waals surface area contributed by atoms with Crippen LogP contribution in [0.2, 0.25) is 0 Å². The second kappa shape index (κ2) is 6.60. The predicted octanol–water partition coefficient (Wildman–Crippen LogP) is 1.62. The van der Waals surface area contributed by atoms with Crippen molar-refractivity contribution in [2.75, 3.05) is 36.5 Å². The number of nitrogens with zero attached hydrogens (tertiary/aromatic N) is 2. The lowest BCUT2D eigenvalue weighted by Crippen LogP contribution is -2.36. The van der Waals surface area contributed by atoms with Crippen LogP contribution >= 0.6 is 0 Å². The molecule has 2 aromatic heterocycles. The average molecular weight is 289 g/mol. The lowest BCUT2D eigenvalue weighted by molar-refractivity contribution is 0.122. The van der Waals surface area contributed by atoms with Crippen LogP contribution in [0.15, 0.2) is 34.9 Å². The van der Waals surface area contributed by atoms with Gasteiger partial charge in [0.15, 0.2) is 0 Å². The summed E-state index contributed by atoms with van der Waals surface area (Å²) >= 11 is 0. The number of aromatic nitrogens is 1. The Balaban J connectivity index is 1.56. The molecule has 2 N–H and O–H groups in total. The maximum absolute atomic E-state index is 8.95. The fourth-order valence-corrected chi connectivity index (χ4v) is 2.26. The van der Waals surface area contributed by atoms with E-state index in [1.807, 2.05) is 24.4 Å². The largest absolute Gasteiger partial charge is 0.462 e. The van der Waals surface area contributed by atoms with Crippen LogP contribution in [0.25, 0.3) is 0 Å². The monoisotopic (exact) mass is 289 g/mol. The van der Waals surface area contributed by atoms with Gasteiger partial charge in [0, 0.05) is 13.1 Å². The Bertz CT molecular complexity index is 562. The van der Waals surface area contributed by atoms with Crippen LogP contribution in [0.3, 0.4) is 0 Å². The Kier molecular flexibility index (Phi) is 4.37. The van der Waals surface area contributed by atoms with Crippen LogP contribution in [-0.2, 0) is 17.9 Å². The van der Waals surface area contributed by atoms with Gasteiger partial charge < -0.3 is 24.5 Å². The first-order chi connectivity index (χ1) is 10.3. The van der Waals surface area contributed by atoms with Gasteiger partial charge in [0.2, 0.25) is 0 Å². The molecule has 0 atom stereocenters. The van der Waals surface area contributed by atoms with Crippen LogP contribution in [0.4, 0.5) is 11.5 Å². The first-order valence-electron chi connectivity index (χ1n) is 7.06. The highest BCUT2D eigenvalue weighted by atomic mass is 16.5. The van der Waals surface area contributed by atoms with Crippen molar-refractivity contribution in [2.45, 2.75) is 13.2 Å². The zero-order valence-corrected chi connectivity index (χ0v) is 11.8. The minimum Gasteiger partial charge on any atom is -0.462 e. The van der Waals surface area contributed by atoms with Crippen LogP contribution in [0, 0.1) is 0 Å². The summed E-state index contributed by atoms with van der Waals surface area (Å²) in [7, 11) is 0. The van der Waals surface area contributed by atoms with Gasteiger partial charge in [-0.2, -0.15) is 0 Å². The molecule has 0 bridgehead atoms. The normalized spacial score (nSPS) is 15.2. The zero-order valence-electron chi connectivity index (χ0n) is 11.8. The molecule has 3 heterocycles. The van der Waals surface area contributed by atoms with Crippen LogP contribution in [-0.4, -0.2) is 36.4 Å². The molecule has 1 fully saturated rings. The number of pyridine rings is 1. The van der Waals surface area contributed by atoms with E-state index in [-0.39, 0.29) is 6.61 Å². The first kappa shape index (κ1) is 13.9. The van der Waals surface area contributed by atoms with Crippen molar-refractivity contribution in [2.24, 2.45) is 0 Å². The molecule has 6 nitrogen and oxygen atoms in total. The number of rotatable bonds is 5. The van der Waals surface area contributed by atoms with E-state index >= 15 is 0 Å². The third-order valence-corrected chi connectivity index (χ3v) is 3.42. The standard InChI is InChI=1S/C15H19N3O3/c19-11-14-3-2-13(21-14)10-16-12-1-4-15(17-9-12)18-5-7-20-8-6-18/h1-4,9,16,19H,5-8,10-11H2. The fraction of sp³-hybridized carbons (Fsp3) is 0.400. The Labute approximate surface area is 123 Å². The van der Waals surface area contributed by atoms with E-state index < -0.39 is 0 Å². The van der Waals surface area contributed by atoms with Gasteiger partial charge in [0.1, 0.15) is 23.9 Å². The van der Waals surface area contributed by atoms with Gasteiger partial charge in [-0.15, -0.1) is 0 Å². The van der Waals surface area contributed by atoms with Crippen molar-refractivity contribution in [1.29, 1.82) is 0 Å². The van der Waals surface area contributed by atoms with E-state index in [1.165, 1.54) is 0 Å². The molecule has 0 saturated carbocycles. The molecule has 0 amide bonds. The van der Waals surface area contributed by atoms with Crippen LogP contribution in [0.5, 0.6) is 0 Å². The lowest BCUT2D eigenvalue weighted by Gasteiger charge is -2.27. The summed E-state index contributed by atoms with van der Waals surface area (Å²) in [5.74, 6) is 2.34. The molecule has 0 radical (unpaired) electrons. The molecule has 0 aliphatic carbocycles. The summed E-state index contributed by atoms with van der Waals surface area (Å²) in [6.07, 6.45) is 1.82. The molecule has 6 heteroatoms. The summed E-state index contributed by atoms with van der Waals surface area (Å²) in [6, 6.07) is 7.65. The number of ether oxygens (including phenoxy) is 1. The van der Waals surface area contributed by atoms with Crippen LogP contribution < -0.4 is 10.2 Å². The number of aliphatic hydroxyl groups is 1. The summed E-state index contributed by atoms with van der Waals surface area (Å²) in [5.41, 5.74) is 0.939. The maximum atomic E-state index is 8.95. The molecular weight excluding hydrogens is 270 g/mol. The smallest absolute Gasteiger partial charge is 0.129 e. The van der Waals surface area contributed by atoms with Crippen LogP contribution in [0.1, 0.15) is 11.5 Å². The molecule has 112 valence electrons. The average Bonchev–Trinajstić information content (AvgIpc) is 3.02. The maximum Gasteiger partial charge on any atom is 0.129 e. The third-order valence-electron chi connectivity index (χ3n) is 3.42. The minimum atomic E-state index is -0.0736. The number of nitrogens with one attached hydrogen (secondary N) is 1. The van der Waals surface area contributed by atoms with Crippen molar-refractivity contribution < 1.29 is 14.3 Å². The van der Waals surface area contributed by atoms with E-state index in [0.29, 0.717) is 12.3 Å². The summed E-state index contributed by atoms with van der Waals surface area (Å²) in [4.78, 5) is 6.69. The van der Waals surface area contributed by atoms with Crippen molar-refractivity contribution in [3.63, 3.8) is 0 Å². The van der Waals surface area contributed by atoms with E-state index in [2.05, 4.69) is 15.2 Å². The van der Waals surface area contributed by atoms with E-state index in [1.54, 1.807) is 6.07 Å². The van der Waals surface area contributed by atoms with E-state index in [0.717, 1.165) is 43.6 Å². The van der Waals surface area contributed by atoms with E-state index in [4.69, 9.17) is 14.3 Å². The van der Waals surface area contributed by atoms with Gasteiger partial charge in [0.05, 0.1) is 31.6 Å². The van der Waals surface area contributed by atoms with Crippen molar-refractivity contribution in [3.8, 4) is 0 Å². The topological polar surface area (TPSA) is 70.8 Å². The lowest BCUT2D eigenvalue weighted by atomic mass is 10.3. The molecule has 3 rings (SSSR count). The third kappa shape index (κ3) is 3.53. The van der Waals surface area contributed by atoms with Gasteiger partial charge in [-0.05, 0) is 24.3 Å². The molecule has 0 aromatic carbocycles. The Morgan fingerprint density at radius 2 is 1.95 bits per heavy atom. The predicted molar refractivity (Wildman–Crippen MR) is 79.2 cm³/mol. The number of aliphatic hydroxyl groups excluding tert-OH is 1. The summed E-state index contributed by atoms with van der Waals surface area (Å²) in [5, 5.41) is 12.2. The SMILES string of the molecule is OCc1ccc(CNc2ccc(N3CCOCC3)nc2)o1. The summed E-state index contributed by atoms with van der Waals surface area (Å²) in [6.45, 7) is 3.78. The van der Waals surface area contributed by atoms with Gasteiger partial charge in [-0.25, -0.2) is 4.98 Å². The van der Waals surface area contributed by atoms with Gasteiger partial charge >= 0.3 is 0 Å². The fourth-order valence-electron chi connectivity index (χ4n) is 2.26. The highest BCUT2D eigenvalue weighted by molar-refractivity contribution is 5.48. The van der Waals surface area contributed by atoms with Crippen molar-refractivity contribution in [1.82, 2.24) is 4.98 Å². The van der Waals surface area contributed by atoms with Gasteiger partial charge in [-0.1, -0.05) is 0 Å². The molecule has 0 spiro atoms. The number of hydrogen-bond donors (Lipinski definition) is 2. The second-order valence-electron chi connectivity index (χ2n) is 4.88. The van der Waals surface area contributed by atoms with Crippen molar-refractivity contribution >= 4 is 11.5 Å². The Morgan fingerprint density at radius 3 is 2.62 bits per heavy atom. The highest BCUT2D eigenvalue weighted by Gasteiger charge is 2.11. The molecule has 21 heavy (non-hydrogen) atoms. The van der Waals surface area contributed by atoms with Gasteiger partial charge in [0.25, 0.3) is 0 Å². The molecule has 1 saturated heterocycles. The molecule has 0 unspecified atom stereocenters. The summed E-state index contributed by atoms with van der Waals surface area (Å²) < 4.78 is 10.8. The zero-order chi connectivity index (χ0) is 14.5. The number of furan rings is 1. The highest BCUT2D eigenvalue weighted by Crippen LogP contribution is 2.16.